The van der Waals surface area contributed by atoms with Crippen molar-refractivity contribution in [2.45, 2.75) is 33.3 Å². The van der Waals surface area contributed by atoms with Crippen LogP contribution in [0.5, 0.6) is 11.5 Å². The molecule has 1 heterocycles. The average Bonchev–Trinajstić information content (AvgIpc) is 2.66. The molecule has 0 unspecified atom stereocenters. The minimum atomic E-state index is -0.807. The topological polar surface area (TPSA) is 35.5 Å². The Balaban J connectivity index is 2.27. The van der Waals surface area contributed by atoms with E-state index in [1.165, 1.54) is 0 Å². The average molecular weight is 366 g/mol. The van der Waals surface area contributed by atoms with E-state index in [0.717, 1.165) is 16.7 Å². The summed E-state index contributed by atoms with van der Waals surface area (Å²) in [6.07, 6.45) is 2.28. The van der Waals surface area contributed by atoms with Gasteiger partial charge in [0.2, 0.25) is 0 Å². The number of halogens is 1. The van der Waals surface area contributed by atoms with E-state index < -0.39 is 11.4 Å². The van der Waals surface area contributed by atoms with E-state index in [1.807, 2.05) is 57.2 Å². The fourth-order valence-corrected chi connectivity index (χ4v) is 3.24. The van der Waals surface area contributed by atoms with E-state index in [-0.39, 0.29) is 11.9 Å². The third kappa shape index (κ3) is 3.80. The second-order valence-corrected chi connectivity index (χ2v) is 7.00. The van der Waals surface area contributed by atoms with Crippen LogP contribution in [-0.4, -0.2) is 18.5 Å². The van der Waals surface area contributed by atoms with Crippen molar-refractivity contribution in [2.75, 3.05) is 6.61 Å². The largest absolute Gasteiger partial charge is 0.493 e. The number of hydrogen-bond acceptors (Lipinski definition) is 3. The van der Waals surface area contributed by atoms with Crippen LogP contribution < -0.4 is 9.47 Å². The number of ether oxygens (including phenoxy) is 2. The number of fused-ring (bicyclic) bond motifs is 1. The van der Waals surface area contributed by atoms with Crippen molar-refractivity contribution in [3.05, 3.63) is 71.1 Å². The fourth-order valence-electron chi connectivity index (χ4n) is 3.24. The zero-order chi connectivity index (χ0) is 19.6. The van der Waals surface area contributed by atoms with Gasteiger partial charge in [0.25, 0.3) is 0 Å². The molecule has 27 heavy (non-hydrogen) atoms. The Labute approximate surface area is 159 Å². The van der Waals surface area contributed by atoms with Crippen LogP contribution >= 0.6 is 0 Å². The summed E-state index contributed by atoms with van der Waals surface area (Å²) in [5.74, 6) is 0.363. The normalized spacial score (nSPS) is 15.8. The van der Waals surface area contributed by atoms with Crippen LogP contribution in [0.25, 0.3) is 11.1 Å². The first-order valence-corrected chi connectivity index (χ1v) is 8.96. The Hall–Kier alpha value is -2.88. The SMILES string of the molecule is CCOc1cc2c(cc1/C(C)=C(/F)C=O)C(c1ccccc1)=CC(C)(C)O2. The van der Waals surface area contributed by atoms with Crippen molar-refractivity contribution < 1.29 is 18.7 Å². The first-order valence-electron chi connectivity index (χ1n) is 8.96. The number of hydrogen-bond donors (Lipinski definition) is 0. The molecule has 0 atom stereocenters. The summed E-state index contributed by atoms with van der Waals surface area (Å²) >= 11 is 0. The Morgan fingerprint density at radius 3 is 2.56 bits per heavy atom. The van der Waals surface area contributed by atoms with Gasteiger partial charge in [0.1, 0.15) is 17.1 Å². The number of carbonyl (C=O) groups is 1. The molecule has 0 N–H and O–H groups in total. The molecule has 0 saturated heterocycles. The highest BCUT2D eigenvalue weighted by Crippen LogP contribution is 2.44. The molecule has 2 aromatic carbocycles. The molecule has 0 spiro atoms. The fraction of sp³-hybridized carbons (Fsp3) is 0.261. The van der Waals surface area contributed by atoms with Crippen molar-refractivity contribution in [3.63, 3.8) is 0 Å². The summed E-state index contributed by atoms with van der Waals surface area (Å²) < 4.78 is 25.9. The minimum absolute atomic E-state index is 0.220. The molecule has 3 rings (SSSR count). The van der Waals surface area contributed by atoms with Gasteiger partial charge in [-0.25, -0.2) is 4.39 Å². The van der Waals surface area contributed by atoms with Crippen LogP contribution in [0.4, 0.5) is 4.39 Å². The lowest BCUT2D eigenvalue weighted by atomic mass is 9.88. The van der Waals surface area contributed by atoms with Crippen molar-refractivity contribution in [1.82, 2.24) is 0 Å². The summed E-state index contributed by atoms with van der Waals surface area (Å²) in [5.41, 5.74) is 3.19. The third-order valence-corrected chi connectivity index (χ3v) is 4.49. The van der Waals surface area contributed by atoms with Gasteiger partial charge in [-0.1, -0.05) is 30.3 Å². The quantitative estimate of drug-likeness (QED) is 0.511. The van der Waals surface area contributed by atoms with Crippen LogP contribution in [0.3, 0.4) is 0 Å². The molecule has 1 aliphatic heterocycles. The molecule has 0 aliphatic carbocycles. The van der Waals surface area contributed by atoms with Gasteiger partial charge >= 0.3 is 0 Å². The second kappa shape index (κ2) is 7.39. The summed E-state index contributed by atoms with van der Waals surface area (Å²) in [4.78, 5) is 10.9. The van der Waals surface area contributed by atoms with Crippen molar-refractivity contribution in [3.8, 4) is 11.5 Å². The smallest absolute Gasteiger partial charge is 0.178 e. The van der Waals surface area contributed by atoms with Gasteiger partial charge in [0, 0.05) is 17.2 Å². The highest BCUT2D eigenvalue weighted by molar-refractivity contribution is 5.91. The van der Waals surface area contributed by atoms with Crippen LogP contribution in [0.2, 0.25) is 0 Å². The highest BCUT2D eigenvalue weighted by Gasteiger charge is 2.29. The number of carbonyl (C=O) groups excluding carboxylic acids is 1. The molecule has 4 heteroatoms. The molecule has 0 bridgehead atoms. The molecule has 3 nitrogen and oxygen atoms in total. The Kier molecular flexibility index (Phi) is 5.17. The van der Waals surface area contributed by atoms with Crippen molar-refractivity contribution in [1.29, 1.82) is 0 Å². The molecule has 0 radical (unpaired) electrons. The molecule has 0 amide bonds. The highest BCUT2D eigenvalue weighted by atomic mass is 19.1. The van der Waals surface area contributed by atoms with Crippen molar-refractivity contribution in [2.24, 2.45) is 0 Å². The molecule has 1 aliphatic rings. The third-order valence-electron chi connectivity index (χ3n) is 4.49. The van der Waals surface area contributed by atoms with Crippen LogP contribution in [0.15, 0.2) is 54.4 Å². The van der Waals surface area contributed by atoms with E-state index in [0.29, 0.717) is 23.7 Å². The van der Waals surface area contributed by atoms with E-state index in [9.17, 15) is 9.18 Å². The van der Waals surface area contributed by atoms with E-state index >= 15 is 0 Å². The molecule has 0 fully saturated rings. The zero-order valence-corrected chi connectivity index (χ0v) is 16.0. The van der Waals surface area contributed by atoms with Gasteiger partial charge in [-0.15, -0.1) is 0 Å². The van der Waals surface area contributed by atoms with Gasteiger partial charge in [-0.05, 0) is 56.5 Å². The molecule has 0 saturated carbocycles. The summed E-state index contributed by atoms with van der Waals surface area (Å²) in [6, 6.07) is 13.6. The van der Waals surface area contributed by atoms with Crippen LogP contribution in [-0.2, 0) is 4.79 Å². The maximum Gasteiger partial charge on any atom is 0.178 e. The number of allylic oxidation sites excluding steroid dienone is 2. The molecule has 140 valence electrons. The number of benzene rings is 2. The zero-order valence-electron chi connectivity index (χ0n) is 16.0. The monoisotopic (exact) mass is 366 g/mol. The van der Waals surface area contributed by atoms with Gasteiger partial charge < -0.3 is 9.47 Å². The second-order valence-electron chi connectivity index (χ2n) is 7.00. The lowest BCUT2D eigenvalue weighted by molar-refractivity contribution is -0.106. The number of aldehydes is 1. The lowest BCUT2D eigenvalue weighted by Crippen LogP contribution is -2.29. The Bertz CT molecular complexity index is 924. The van der Waals surface area contributed by atoms with Gasteiger partial charge in [0.05, 0.1) is 6.61 Å². The van der Waals surface area contributed by atoms with E-state index in [1.54, 1.807) is 13.0 Å². The maximum absolute atomic E-state index is 14.0. The molecular formula is C23H23FO3. The van der Waals surface area contributed by atoms with E-state index in [4.69, 9.17) is 9.47 Å². The summed E-state index contributed by atoms with van der Waals surface area (Å²) in [5, 5.41) is 0. The van der Waals surface area contributed by atoms with Crippen LogP contribution in [0, 0.1) is 0 Å². The van der Waals surface area contributed by atoms with Crippen molar-refractivity contribution >= 4 is 17.4 Å². The summed E-state index contributed by atoms with van der Waals surface area (Å²) in [6.45, 7) is 7.84. The predicted octanol–water partition coefficient (Wildman–Crippen LogP) is 5.59. The minimum Gasteiger partial charge on any atom is -0.493 e. The predicted molar refractivity (Wildman–Crippen MR) is 106 cm³/mol. The van der Waals surface area contributed by atoms with Gasteiger partial charge in [-0.3, -0.25) is 4.79 Å². The first-order chi connectivity index (χ1) is 12.9. The molecular weight excluding hydrogens is 343 g/mol. The first kappa shape index (κ1) is 18.9. The Morgan fingerprint density at radius 2 is 1.93 bits per heavy atom. The van der Waals surface area contributed by atoms with Gasteiger partial charge in [-0.2, -0.15) is 0 Å². The van der Waals surface area contributed by atoms with Gasteiger partial charge in [0.15, 0.2) is 12.1 Å². The lowest BCUT2D eigenvalue weighted by Gasteiger charge is -2.32. The molecule has 2 aromatic rings. The standard InChI is InChI=1S/C23H23FO3/c1-5-26-21-12-22-18(11-17(21)15(2)20(24)14-25)19(13-23(3,4)27-22)16-9-7-6-8-10-16/h6-14H,5H2,1-4H3/b20-15+. The molecule has 0 aromatic heterocycles. The number of rotatable bonds is 5. The van der Waals surface area contributed by atoms with Crippen LogP contribution in [0.1, 0.15) is 44.4 Å². The maximum atomic E-state index is 14.0. The Morgan fingerprint density at radius 1 is 1.22 bits per heavy atom. The van der Waals surface area contributed by atoms with E-state index in [2.05, 4.69) is 6.08 Å². The summed E-state index contributed by atoms with van der Waals surface area (Å²) in [7, 11) is 0.